The van der Waals surface area contributed by atoms with Gasteiger partial charge in [0.05, 0.1) is 19.8 Å². The highest BCUT2D eigenvalue weighted by Gasteiger charge is 2.21. The van der Waals surface area contributed by atoms with Gasteiger partial charge in [0.15, 0.2) is 11.9 Å². The summed E-state index contributed by atoms with van der Waals surface area (Å²) in [7, 11) is 3.06. The van der Waals surface area contributed by atoms with Crippen LogP contribution in [0.5, 0.6) is 11.5 Å². The summed E-state index contributed by atoms with van der Waals surface area (Å²) in [6.45, 7) is 5.20. The molecule has 1 atom stereocenters. The molecule has 0 aliphatic heterocycles. The smallest absolute Gasteiger partial charge is 0.339 e. The zero-order chi connectivity index (χ0) is 16.3. The summed E-state index contributed by atoms with van der Waals surface area (Å²) >= 11 is 0. The van der Waals surface area contributed by atoms with Crippen LogP contribution in [0.1, 0.15) is 40.7 Å². The lowest BCUT2D eigenvalue weighted by atomic mass is 10.1. The summed E-state index contributed by atoms with van der Waals surface area (Å²) in [5, 5.41) is 3.67. The Kier molecular flexibility index (Phi) is 4.65. The second kappa shape index (κ2) is 6.46. The molecule has 22 heavy (non-hydrogen) atoms. The highest BCUT2D eigenvalue weighted by Crippen LogP contribution is 2.30. The van der Waals surface area contributed by atoms with E-state index in [1.165, 1.54) is 14.2 Å². The number of benzene rings is 1. The fourth-order valence-electron chi connectivity index (χ4n) is 1.96. The van der Waals surface area contributed by atoms with Crippen LogP contribution in [0.3, 0.4) is 0 Å². The van der Waals surface area contributed by atoms with Crippen LogP contribution in [-0.2, 0) is 4.74 Å². The lowest BCUT2D eigenvalue weighted by Crippen LogP contribution is -2.10. The first kappa shape index (κ1) is 15.8. The van der Waals surface area contributed by atoms with E-state index in [0.717, 1.165) is 5.56 Å². The molecule has 0 spiro atoms. The minimum absolute atomic E-state index is 0.247. The molecule has 1 aromatic heterocycles. The van der Waals surface area contributed by atoms with Gasteiger partial charge >= 0.3 is 5.97 Å². The van der Waals surface area contributed by atoms with Gasteiger partial charge in [0, 0.05) is 5.56 Å². The number of carbonyl (C=O) groups is 1. The number of nitrogens with zero attached hydrogens (tertiary/aromatic N) is 2. The Morgan fingerprint density at radius 2 is 1.77 bits per heavy atom. The molecule has 0 bridgehead atoms. The molecule has 2 aromatic rings. The van der Waals surface area contributed by atoms with Crippen molar-refractivity contribution in [2.75, 3.05) is 14.2 Å². The number of methoxy groups -OCH3 is 2. The number of ether oxygens (including phenoxy) is 3. The number of hydrogen-bond acceptors (Lipinski definition) is 7. The third kappa shape index (κ3) is 3.19. The minimum Gasteiger partial charge on any atom is -0.496 e. The van der Waals surface area contributed by atoms with Crippen molar-refractivity contribution in [2.45, 2.75) is 26.9 Å². The van der Waals surface area contributed by atoms with Crippen LogP contribution in [0.4, 0.5) is 0 Å². The molecule has 0 fully saturated rings. The Morgan fingerprint density at radius 3 is 2.23 bits per heavy atom. The van der Waals surface area contributed by atoms with Gasteiger partial charge in [-0.2, -0.15) is 4.98 Å². The van der Waals surface area contributed by atoms with Crippen molar-refractivity contribution < 1.29 is 23.5 Å². The molecule has 0 saturated carbocycles. The SMILES string of the molecule is COc1cc(C(=O)OC(C)c2nc(C)no2)cc(OC)c1C. The van der Waals surface area contributed by atoms with Gasteiger partial charge in [-0.25, -0.2) is 4.79 Å². The van der Waals surface area contributed by atoms with Gasteiger partial charge in [0.25, 0.3) is 5.89 Å². The van der Waals surface area contributed by atoms with E-state index in [9.17, 15) is 4.79 Å². The predicted octanol–water partition coefficient (Wildman–Crippen LogP) is 2.62. The first-order chi connectivity index (χ1) is 10.5. The molecule has 0 N–H and O–H groups in total. The molecule has 7 nitrogen and oxygen atoms in total. The average Bonchev–Trinajstić information content (AvgIpc) is 2.94. The van der Waals surface area contributed by atoms with Gasteiger partial charge in [-0.1, -0.05) is 5.16 Å². The maximum atomic E-state index is 12.3. The van der Waals surface area contributed by atoms with Crippen molar-refractivity contribution in [2.24, 2.45) is 0 Å². The molecule has 0 aliphatic rings. The van der Waals surface area contributed by atoms with Gasteiger partial charge < -0.3 is 18.7 Å². The summed E-state index contributed by atoms with van der Waals surface area (Å²) in [6.07, 6.45) is -0.646. The molecule has 1 heterocycles. The van der Waals surface area contributed by atoms with Crippen LogP contribution >= 0.6 is 0 Å². The van der Waals surface area contributed by atoms with Crippen LogP contribution in [0.25, 0.3) is 0 Å². The van der Waals surface area contributed by atoms with E-state index in [4.69, 9.17) is 18.7 Å². The zero-order valence-corrected chi connectivity index (χ0v) is 13.2. The highest BCUT2D eigenvalue weighted by molar-refractivity contribution is 5.91. The molecular weight excluding hydrogens is 288 g/mol. The average molecular weight is 306 g/mol. The fourth-order valence-corrected chi connectivity index (χ4v) is 1.96. The Bertz CT molecular complexity index is 655. The number of aromatic nitrogens is 2. The topological polar surface area (TPSA) is 83.7 Å². The maximum Gasteiger partial charge on any atom is 0.339 e. The molecular formula is C15H18N2O5. The molecule has 2 rings (SSSR count). The number of aryl methyl sites for hydroxylation is 1. The van der Waals surface area contributed by atoms with Gasteiger partial charge in [-0.3, -0.25) is 0 Å². The Balaban J connectivity index is 2.22. The van der Waals surface area contributed by atoms with E-state index in [0.29, 0.717) is 22.9 Å². The Labute approximate surface area is 128 Å². The Hall–Kier alpha value is -2.57. The largest absolute Gasteiger partial charge is 0.496 e. The van der Waals surface area contributed by atoms with Crippen molar-refractivity contribution in [3.05, 3.63) is 35.0 Å². The van der Waals surface area contributed by atoms with Crippen LogP contribution in [0.2, 0.25) is 0 Å². The number of rotatable bonds is 5. The van der Waals surface area contributed by atoms with Crippen LogP contribution in [0, 0.1) is 13.8 Å². The summed E-state index contributed by atoms with van der Waals surface area (Å²) in [6, 6.07) is 3.21. The third-order valence-corrected chi connectivity index (χ3v) is 3.16. The molecule has 0 saturated heterocycles. The van der Waals surface area contributed by atoms with Crippen molar-refractivity contribution in [3.8, 4) is 11.5 Å². The molecule has 0 amide bonds. The number of hydrogen-bond donors (Lipinski definition) is 0. The maximum absolute atomic E-state index is 12.3. The standard InChI is InChI=1S/C15H18N2O5/c1-8-12(19-4)6-11(7-13(8)20-5)15(18)21-9(2)14-16-10(3)17-22-14/h6-7,9H,1-5H3. The molecule has 1 unspecified atom stereocenters. The van der Waals surface area contributed by atoms with Gasteiger partial charge in [-0.05, 0) is 32.9 Å². The second-order valence-electron chi connectivity index (χ2n) is 4.73. The molecule has 0 radical (unpaired) electrons. The first-order valence-corrected chi connectivity index (χ1v) is 6.70. The van der Waals surface area contributed by atoms with Crippen molar-refractivity contribution in [1.82, 2.24) is 10.1 Å². The fraction of sp³-hybridized carbons (Fsp3) is 0.400. The molecule has 0 aliphatic carbocycles. The Morgan fingerprint density at radius 1 is 1.18 bits per heavy atom. The predicted molar refractivity (Wildman–Crippen MR) is 77.1 cm³/mol. The quantitative estimate of drug-likeness (QED) is 0.785. The van der Waals surface area contributed by atoms with E-state index in [2.05, 4.69) is 10.1 Å². The minimum atomic E-state index is -0.646. The van der Waals surface area contributed by atoms with E-state index in [1.54, 1.807) is 26.0 Å². The molecule has 118 valence electrons. The normalized spacial score (nSPS) is 11.9. The number of esters is 1. The third-order valence-electron chi connectivity index (χ3n) is 3.16. The van der Waals surface area contributed by atoms with Crippen molar-refractivity contribution >= 4 is 5.97 Å². The van der Waals surface area contributed by atoms with Crippen molar-refractivity contribution in [1.29, 1.82) is 0 Å². The zero-order valence-electron chi connectivity index (χ0n) is 13.2. The molecule has 7 heteroatoms. The lowest BCUT2D eigenvalue weighted by molar-refractivity contribution is 0.0264. The first-order valence-electron chi connectivity index (χ1n) is 6.70. The van der Waals surface area contributed by atoms with Crippen LogP contribution in [-0.4, -0.2) is 30.3 Å². The molecule has 1 aromatic carbocycles. The van der Waals surface area contributed by atoms with E-state index >= 15 is 0 Å². The lowest BCUT2D eigenvalue weighted by Gasteiger charge is -2.13. The second-order valence-corrected chi connectivity index (χ2v) is 4.73. The monoisotopic (exact) mass is 306 g/mol. The summed E-state index contributed by atoms with van der Waals surface area (Å²) < 4.78 is 20.8. The van der Waals surface area contributed by atoms with Crippen LogP contribution in [0.15, 0.2) is 16.7 Å². The van der Waals surface area contributed by atoms with E-state index < -0.39 is 12.1 Å². The summed E-state index contributed by atoms with van der Waals surface area (Å²) in [4.78, 5) is 16.3. The summed E-state index contributed by atoms with van der Waals surface area (Å²) in [5.41, 5.74) is 1.13. The van der Waals surface area contributed by atoms with E-state index in [-0.39, 0.29) is 5.89 Å². The summed E-state index contributed by atoms with van der Waals surface area (Å²) in [5.74, 6) is 1.30. The van der Waals surface area contributed by atoms with Crippen LogP contribution < -0.4 is 9.47 Å². The van der Waals surface area contributed by atoms with E-state index in [1.807, 2.05) is 6.92 Å². The van der Waals surface area contributed by atoms with Crippen molar-refractivity contribution in [3.63, 3.8) is 0 Å². The highest BCUT2D eigenvalue weighted by atomic mass is 16.6. The van der Waals surface area contributed by atoms with Gasteiger partial charge in [0.1, 0.15) is 11.5 Å². The van der Waals surface area contributed by atoms with Gasteiger partial charge in [0.2, 0.25) is 0 Å². The number of carbonyl (C=O) groups excluding carboxylic acids is 1. The van der Waals surface area contributed by atoms with Gasteiger partial charge in [-0.15, -0.1) is 0 Å².